The van der Waals surface area contributed by atoms with Crippen LogP contribution < -0.4 is 0 Å². The SMILES string of the molecule is CCC(C#N)C1(O)CC(C)N(C2CC2)C1. The molecule has 0 aromatic rings. The first-order valence-corrected chi connectivity index (χ1v) is 5.98. The maximum absolute atomic E-state index is 10.5. The summed E-state index contributed by atoms with van der Waals surface area (Å²) in [4.78, 5) is 2.39. The smallest absolute Gasteiger partial charge is 0.0946 e. The number of nitrogens with zero attached hydrogens (tertiary/aromatic N) is 2. The summed E-state index contributed by atoms with van der Waals surface area (Å²) in [6.07, 6.45) is 4.04. The molecule has 0 spiro atoms. The van der Waals surface area contributed by atoms with Crippen LogP contribution in [0.1, 0.15) is 39.5 Å². The topological polar surface area (TPSA) is 47.3 Å². The van der Waals surface area contributed by atoms with E-state index in [9.17, 15) is 5.11 Å². The van der Waals surface area contributed by atoms with E-state index in [1.807, 2.05) is 6.92 Å². The van der Waals surface area contributed by atoms with Gasteiger partial charge in [0.25, 0.3) is 0 Å². The van der Waals surface area contributed by atoms with Crippen LogP contribution in [0.15, 0.2) is 0 Å². The van der Waals surface area contributed by atoms with Gasteiger partial charge in [0.1, 0.15) is 0 Å². The first kappa shape index (κ1) is 10.9. The molecule has 0 aromatic heterocycles. The second-order valence-corrected chi connectivity index (χ2v) is 5.15. The normalized spacial score (nSPS) is 38.9. The molecular formula is C12H20N2O. The Labute approximate surface area is 91.7 Å². The summed E-state index contributed by atoms with van der Waals surface area (Å²) < 4.78 is 0. The van der Waals surface area contributed by atoms with Crippen LogP contribution in [0.3, 0.4) is 0 Å². The Bertz CT molecular complexity index is 282. The lowest BCUT2D eigenvalue weighted by Gasteiger charge is -2.27. The lowest BCUT2D eigenvalue weighted by atomic mass is 9.84. The predicted octanol–water partition coefficient (Wildman–Crippen LogP) is 1.52. The summed E-state index contributed by atoms with van der Waals surface area (Å²) in [6.45, 7) is 4.85. The van der Waals surface area contributed by atoms with E-state index in [-0.39, 0.29) is 5.92 Å². The van der Waals surface area contributed by atoms with Gasteiger partial charge >= 0.3 is 0 Å². The van der Waals surface area contributed by atoms with E-state index in [1.165, 1.54) is 12.8 Å². The molecule has 1 aliphatic carbocycles. The first-order chi connectivity index (χ1) is 7.10. The van der Waals surface area contributed by atoms with Crippen LogP contribution in [0, 0.1) is 17.2 Å². The highest BCUT2D eigenvalue weighted by Gasteiger charge is 2.49. The fourth-order valence-corrected chi connectivity index (χ4v) is 2.90. The third-order valence-corrected chi connectivity index (χ3v) is 3.90. The van der Waals surface area contributed by atoms with Crippen LogP contribution >= 0.6 is 0 Å². The van der Waals surface area contributed by atoms with Gasteiger partial charge in [0.05, 0.1) is 17.6 Å². The number of hydrogen-bond donors (Lipinski definition) is 1. The van der Waals surface area contributed by atoms with Crippen molar-refractivity contribution in [3.63, 3.8) is 0 Å². The van der Waals surface area contributed by atoms with Crippen molar-refractivity contribution in [3.05, 3.63) is 0 Å². The maximum atomic E-state index is 10.5. The Balaban J connectivity index is 2.08. The van der Waals surface area contributed by atoms with Crippen molar-refractivity contribution in [3.8, 4) is 6.07 Å². The molecule has 15 heavy (non-hydrogen) atoms. The second-order valence-electron chi connectivity index (χ2n) is 5.15. The average molecular weight is 208 g/mol. The van der Waals surface area contributed by atoms with Crippen molar-refractivity contribution in [2.75, 3.05) is 6.54 Å². The first-order valence-electron chi connectivity index (χ1n) is 5.98. The summed E-state index contributed by atoms with van der Waals surface area (Å²) >= 11 is 0. The second kappa shape index (κ2) is 3.77. The van der Waals surface area contributed by atoms with E-state index in [2.05, 4.69) is 17.9 Å². The third-order valence-electron chi connectivity index (χ3n) is 3.90. The quantitative estimate of drug-likeness (QED) is 0.765. The molecule has 3 nitrogen and oxygen atoms in total. The molecule has 2 fully saturated rings. The summed E-state index contributed by atoms with van der Waals surface area (Å²) in [5, 5.41) is 19.6. The van der Waals surface area contributed by atoms with E-state index in [0.29, 0.717) is 18.6 Å². The van der Waals surface area contributed by atoms with Gasteiger partial charge in [0.15, 0.2) is 0 Å². The minimum absolute atomic E-state index is 0.205. The molecule has 1 aliphatic heterocycles. The molecule has 3 atom stereocenters. The zero-order chi connectivity index (χ0) is 11.1. The van der Waals surface area contributed by atoms with Gasteiger partial charge in [-0.25, -0.2) is 0 Å². The number of likely N-dealkylation sites (tertiary alicyclic amines) is 1. The van der Waals surface area contributed by atoms with Gasteiger partial charge in [-0.3, -0.25) is 4.90 Å². The monoisotopic (exact) mass is 208 g/mol. The van der Waals surface area contributed by atoms with Gasteiger partial charge in [-0.2, -0.15) is 5.26 Å². The summed E-state index contributed by atoms with van der Waals surface area (Å²) in [5.41, 5.74) is -0.758. The summed E-state index contributed by atoms with van der Waals surface area (Å²) in [5.74, 6) is -0.205. The molecule has 3 heteroatoms. The standard InChI is InChI=1S/C12H20N2O/c1-3-10(7-13)12(15)6-9(2)14(8-12)11-4-5-11/h9-11,15H,3-6,8H2,1-2H3. The van der Waals surface area contributed by atoms with Crippen molar-refractivity contribution >= 4 is 0 Å². The van der Waals surface area contributed by atoms with Crippen molar-refractivity contribution in [1.29, 1.82) is 5.26 Å². The summed E-state index contributed by atoms with van der Waals surface area (Å²) in [6, 6.07) is 3.38. The molecule has 2 aliphatic rings. The molecule has 3 unspecified atom stereocenters. The Morgan fingerprint density at radius 3 is 2.73 bits per heavy atom. The average Bonchev–Trinajstić information content (AvgIpc) is 2.95. The van der Waals surface area contributed by atoms with E-state index in [4.69, 9.17) is 5.26 Å². The van der Waals surface area contributed by atoms with E-state index in [0.717, 1.165) is 12.8 Å². The number of β-amino-alcohol motifs (C(OH)–C–C–N with tert-alkyl or cyclic N) is 1. The van der Waals surface area contributed by atoms with E-state index in [1.54, 1.807) is 0 Å². The van der Waals surface area contributed by atoms with E-state index >= 15 is 0 Å². The van der Waals surface area contributed by atoms with Crippen molar-refractivity contribution < 1.29 is 5.11 Å². The van der Waals surface area contributed by atoms with Gasteiger partial charge in [0.2, 0.25) is 0 Å². The van der Waals surface area contributed by atoms with Gasteiger partial charge in [-0.05, 0) is 32.6 Å². The molecule has 0 radical (unpaired) electrons. The van der Waals surface area contributed by atoms with Gasteiger partial charge in [0, 0.05) is 18.6 Å². The molecule has 84 valence electrons. The minimum Gasteiger partial charge on any atom is -0.387 e. The lowest BCUT2D eigenvalue weighted by molar-refractivity contribution is 0.00966. The Morgan fingerprint density at radius 1 is 1.60 bits per heavy atom. The predicted molar refractivity (Wildman–Crippen MR) is 58.2 cm³/mol. The van der Waals surface area contributed by atoms with Crippen LogP contribution in [0.4, 0.5) is 0 Å². The highest BCUT2D eigenvalue weighted by molar-refractivity contribution is 5.08. The number of nitriles is 1. The number of rotatable bonds is 3. The molecule has 1 saturated heterocycles. The molecule has 1 heterocycles. The van der Waals surface area contributed by atoms with Crippen LogP contribution in [-0.2, 0) is 0 Å². The largest absolute Gasteiger partial charge is 0.387 e. The maximum Gasteiger partial charge on any atom is 0.0946 e. The zero-order valence-corrected chi connectivity index (χ0v) is 9.61. The van der Waals surface area contributed by atoms with Crippen molar-refractivity contribution in [2.24, 2.45) is 5.92 Å². The zero-order valence-electron chi connectivity index (χ0n) is 9.61. The molecule has 0 aromatic carbocycles. The van der Waals surface area contributed by atoms with Crippen LogP contribution in [0.2, 0.25) is 0 Å². The Morgan fingerprint density at radius 2 is 2.27 bits per heavy atom. The van der Waals surface area contributed by atoms with Crippen LogP contribution in [-0.4, -0.2) is 34.2 Å². The minimum atomic E-state index is -0.758. The molecule has 1 saturated carbocycles. The number of aliphatic hydroxyl groups is 1. The lowest BCUT2D eigenvalue weighted by Crippen LogP contribution is -2.40. The fraction of sp³-hybridized carbons (Fsp3) is 0.917. The molecule has 1 N–H and O–H groups in total. The summed E-state index contributed by atoms with van der Waals surface area (Å²) in [7, 11) is 0. The van der Waals surface area contributed by atoms with Gasteiger partial charge in [-0.1, -0.05) is 6.92 Å². The highest BCUT2D eigenvalue weighted by atomic mass is 16.3. The Hall–Kier alpha value is -0.590. The molecule has 0 bridgehead atoms. The highest BCUT2D eigenvalue weighted by Crippen LogP contribution is 2.40. The molecular weight excluding hydrogens is 188 g/mol. The molecule has 0 amide bonds. The fourth-order valence-electron chi connectivity index (χ4n) is 2.90. The van der Waals surface area contributed by atoms with Crippen molar-refractivity contribution in [2.45, 2.75) is 57.2 Å². The van der Waals surface area contributed by atoms with Crippen molar-refractivity contribution in [1.82, 2.24) is 4.90 Å². The number of hydrogen-bond acceptors (Lipinski definition) is 3. The third kappa shape index (κ3) is 1.89. The van der Waals surface area contributed by atoms with E-state index < -0.39 is 5.60 Å². The van der Waals surface area contributed by atoms with Crippen LogP contribution in [0.25, 0.3) is 0 Å². The molecule has 2 rings (SSSR count). The van der Waals surface area contributed by atoms with Gasteiger partial charge < -0.3 is 5.11 Å². The van der Waals surface area contributed by atoms with Crippen LogP contribution in [0.5, 0.6) is 0 Å². The Kier molecular flexibility index (Phi) is 2.74. The van der Waals surface area contributed by atoms with Gasteiger partial charge in [-0.15, -0.1) is 0 Å².